The van der Waals surface area contributed by atoms with Gasteiger partial charge in [-0.2, -0.15) is 9.12 Å². The van der Waals surface area contributed by atoms with Crippen LogP contribution in [0.3, 0.4) is 0 Å². The minimum absolute atomic E-state index is 0.161. The van der Waals surface area contributed by atoms with E-state index in [-0.39, 0.29) is 13.0 Å². The lowest BCUT2D eigenvalue weighted by Gasteiger charge is -2.17. The number of aliphatic hydroxyl groups is 1. The van der Waals surface area contributed by atoms with Gasteiger partial charge in [-0.05, 0) is 37.0 Å². The minimum atomic E-state index is -0.791. The molecule has 0 bridgehead atoms. The summed E-state index contributed by atoms with van der Waals surface area (Å²) in [6.45, 7) is 3.83. The monoisotopic (exact) mass is 574 g/mol. The Kier molecular flexibility index (Phi) is 8.54. The van der Waals surface area contributed by atoms with E-state index in [2.05, 4.69) is 43.4 Å². The van der Waals surface area contributed by atoms with Gasteiger partial charge in [0.15, 0.2) is 0 Å². The zero-order valence-electron chi connectivity index (χ0n) is 17.7. The Hall–Kier alpha value is -1.69. The predicted molar refractivity (Wildman–Crippen MR) is 132 cm³/mol. The highest BCUT2D eigenvalue weighted by atomic mass is 127. The summed E-state index contributed by atoms with van der Waals surface area (Å²) in [5, 5.41) is 9.65. The van der Waals surface area contributed by atoms with Crippen molar-refractivity contribution in [3.8, 4) is 5.75 Å². The summed E-state index contributed by atoms with van der Waals surface area (Å²) in [5.41, 5.74) is -0.428. The van der Waals surface area contributed by atoms with Gasteiger partial charge in [0.25, 0.3) is 5.56 Å². The molecule has 0 radical (unpaired) electrons. The fraction of sp³-hybridized carbons (Fsp3) is 0.450. The quantitative estimate of drug-likeness (QED) is 0.214. The molecule has 0 aliphatic carbocycles. The number of H-pyrrole nitrogens is 1. The van der Waals surface area contributed by atoms with Crippen LogP contribution in [0.25, 0.3) is 0 Å². The highest BCUT2D eigenvalue weighted by molar-refractivity contribution is 14.1. The molecule has 1 saturated heterocycles. The summed E-state index contributed by atoms with van der Waals surface area (Å²) in [5.74, 6) is 0.440. The van der Waals surface area contributed by atoms with Crippen LogP contribution in [0.5, 0.6) is 5.75 Å². The van der Waals surface area contributed by atoms with Crippen molar-refractivity contribution < 1.29 is 24.1 Å². The third-order valence-corrected chi connectivity index (χ3v) is 7.11. The first-order valence-electron chi connectivity index (χ1n) is 10.1. The third kappa shape index (κ3) is 6.00. The van der Waals surface area contributed by atoms with Gasteiger partial charge in [-0.1, -0.05) is 6.92 Å². The first kappa shape index (κ1) is 24.9. The molecule has 0 saturated carbocycles. The van der Waals surface area contributed by atoms with E-state index in [9.17, 15) is 19.5 Å². The van der Waals surface area contributed by atoms with Crippen LogP contribution in [0.4, 0.5) is 0 Å². The van der Waals surface area contributed by atoms with Gasteiger partial charge in [-0.25, -0.2) is 9.59 Å². The van der Waals surface area contributed by atoms with Gasteiger partial charge in [0, 0.05) is 18.2 Å². The van der Waals surface area contributed by atoms with Gasteiger partial charge in [0.1, 0.15) is 24.2 Å². The van der Waals surface area contributed by atoms with Gasteiger partial charge in [0.05, 0.1) is 18.8 Å². The van der Waals surface area contributed by atoms with Crippen molar-refractivity contribution in [3.63, 3.8) is 0 Å². The number of ether oxygens (including phenoxy) is 3. The Morgan fingerprint density at radius 3 is 2.72 bits per heavy atom. The van der Waals surface area contributed by atoms with E-state index in [1.807, 2.05) is 0 Å². The van der Waals surface area contributed by atoms with Crippen molar-refractivity contribution in [2.75, 3.05) is 13.2 Å². The van der Waals surface area contributed by atoms with Crippen molar-refractivity contribution >= 4 is 41.8 Å². The van der Waals surface area contributed by atoms with Crippen molar-refractivity contribution in [2.24, 2.45) is 0 Å². The van der Waals surface area contributed by atoms with Crippen molar-refractivity contribution in [1.82, 2.24) is 9.55 Å². The van der Waals surface area contributed by atoms with Crippen LogP contribution in [-0.4, -0.2) is 50.3 Å². The zero-order chi connectivity index (χ0) is 23.4. The lowest BCUT2D eigenvalue weighted by atomic mass is 9.88. The van der Waals surface area contributed by atoms with Gasteiger partial charge in [0.2, 0.25) is 4.29 Å². The number of aryl methyl sites for hydroxylation is 1. The molecule has 32 heavy (non-hydrogen) atoms. The van der Waals surface area contributed by atoms with E-state index in [4.69, 9.17) is 14.2 Å². The first-order chi connectivity index (χ1) is 15.2. The molecule has 2 heterocycles. The third-order valence-electron chi connectivity index (χ3n) is 5.22. The molecule has 0 spiro atoms. The smallest absolute Gasteiger partial charge is 0.338 e. The summed E-state index contributed by atoms with van der Waals surface area (Å²) in [7, 11) is 2.74. The lowest BCUT2D eigenvalue weighted by molar-refractivity contribution is -0.0522. The van der Waals surface area contributed by atoms with E-state index in [1.165, 1.54) is 10.8 Å². The van der Waals surface area contributed by atoms with Crippen LogP contribution in [0, 0.1) is 6.92 Å². The van der Waals surface area contributed by atoms with Gasteiger partial charge in [-0.15, -0.1) is 22.4 Å². The molecule has 1 aliphatic rings. The first-order valence-corrected chi connectivity index (χ1v) is 12.0. The fourth-order valence-corrected chi connectivity index (χ4v) is 3.49. The largest absolute Gasteiger partial charge is 0.494 e. The van der Waals surface area contributed by atoms with E-state index in [0.29, 0.717) is 33.6 Å². The average molecular weight is 574 g/mol. The summed E-state index contributed by atoms with van der Waals surface area (Å²) in [6, 6.07) is 6.63. The van der Waals surface area contributed by atoms with E-state index >= 15 is 0 Å². The van der Waals surface area contributed by atoms with Crippen molar-refractivity contribution in [1.29, 1.82) is 0 Å². The van der Waals surface area contributed by atoms with Crippen LogP contribution in [-0.2, 0) is 9.47 Å². The molecule has 2 unspecified atom stereocenters. The number of nitrogens with one attached hydrogen (secondary N) is 1. The Morgan fingerprint density at radius 2 is 2.09 bits per heavy atom. The zero-order valence-corrected chi connectivity index (χ0v) is 21.0. The molecule has 12 heteroatoms. The average Bonchev–Trinajstić information content (AvgIpc) is 3.17. The van der Waals surface area contributed by atoms with E-state index < -0.39 is 35.7 Å². The Bertz CT molecular complexity index is 1060. The van der Waals surface area contributed by atoms with E-state index in [1.54, 1.807) is 31.2 Å². The molecule has 1 aliphatic heterocycles. The van der Waals surface area contributed by atoms with Crippen molar-refractivity contribution in [2.45, 2.75) is 44.5 Å². The van der Waals surface area contributed by atoms with Gasteiger partial charge in [-0.3, -0.25) is 14.3 Å². The number of benzene rings is 1. The number of nitrogens with zero attached hydrogens (tertiary/aromatic N) is 1. The number of aliphatic hydroxyl groups excluding tert-OH is 1. The maximum absolute atomic E-state index is 12.6. The number of carbonyl (C=O) groups is 1. The molecular weight excluding hydrogens is 549 g/mol. The molecule has 2 aromatic rings. The minimum Gasteiger partial charge on any atom is -0.494 e. The Labute approximate surface area is 201 Å². The molecule has 1 aromatic heterocycles. The number of aromatic nitrogens is 2. The maximum Gasteiger partial charge on any atom is 0.338 e. The highest BCUT2D eigenvalue weighted by Crippen LogP contribution is 2.30. The SMILES string of the molecule is Cc1cn([C@H]2C[C@@H](OC(=O)c3ccc(OCC(C)B(P)I)cc3)[C@@H](CO)O2)c(=O)[nH]c1=O. The number of hydrogen-bond donors (Lipinski definition) is 2. The summed E-state index contributed by atoms with van der Waals surface area (Å²) in [6.07, 6.45) is -0.768. The fourth-order valence-electron chi connectivity index (χ4n) is 3.17. The molecule has 2 N–H and O–H groups in total. The second kappa shape index (κ2) is 11.0. The Morgan fingerprint density at radius 1 is 1.41 bits per heavy atom. The molecule has 0 amide bonds. The molecule has 1 aromatic carbocycles. The second-order valence-corrected chi connectivity index (χ2v) is 11.2. The summed E-state index contributed by atoms with van der Waals surface area (Å²) in [4.78, 5) is 38.6. The molecular formula is C20H25BIN2O7P. The topological polar surface area (TPSA) is 120 Å². The van der Waals surface area contributed by atoms with Crippen LogP contribution in [0.1, 0.15) is 35.5 Å². The highest BCUT2D eigenvalue weighted by Gasteiger charge is 2.39. The number of hydrogen-bond acceptors (Lipinski definition) is 7. The summed E-state index contributed by atoms with van der Waals surface area (Å²) < 4.78 is 18.6. The number of esters is 1. The molecule has 172 valence electrons. The lowest BCUT2D eigenvalue weighted by Crippen LogP contribution is -2.33. The molecule has 5 atom stereocenters. The Balaban J connectivity index is 1.64. The molecule has 3 rings (SSSR count). The number of carbonyl (C=O) groups excluding carboxylic acids is 1. The predicted octanol–water partition coefficient (Wildman–Crippen LogP) is 1.92. The maximum atomic E-state index is 12.6. The normalized spacial score (nSPS) is 21.2. The van der Waals surface area contributed by atoms with Crippen LogP contribution < -0.4 is 16.0 Å². The van der Waals surface area contributed by atoms with Crippen LogP contribution in [0.15, 0.2) is 40.1 Å². The number of rotatable bonds is 8. The number of aromatic amines is 1. The molecule has 9 nitrogen and oxygen atoms in total. The standard InChI is InChI=1S/C20H25BIN2O7P/c1-11-8-24(20(28)23-18(11)26)17-7-15(16(9-25)30-17)31-19(27)13-3-5-14(6-4-13)29-10-12(2)21(22)32/h3-6,8,12,15-17,25H,7,9-10,32H2,1-2H3,(H,23,26,28)/t12?,15-,16-,17-/m1/s1. The van der Waals surface area contributed by atoms with Crippen LogP contribution >= 0.6 is 31.5 Å². The van der Waals surface area contributed by atoms with Crippen molar-refractivity contribution in [3.05, 3.63) is 62.4 Å². The summed E-state index contributed by atoms with van der Waals surface area (Å²) >= 11 is 2.32. The van der Waals surface area contributed by atoms with Crippen LogP contribution in [0.2, 0.25) is 5.82 Å². The molecule has 1 fully saturated rings. The van der Waals surface area contributed by atoms with Gasteiger partial charge >= 0.3 is 11.7 Å². The van der Waals surface area contributed by atoms with Gasteiger partial charge < -0.3 is 19.3 Å². The number of halogens is 1. The second-order valence-electron chi connectivity index (χ2n) is 7.73. The van der Waals surface area contributed by atoms with E-state index in [0.717, 1.165) is 0 Å².